The van der Waals surface area contributed by atoms with Gasteiger partial charge in [0.2, 0.25) is 0 Å². The molecule has 0 spiro atoms. The van der Waals surface area contributed by atoms with Crippen molar-refractivity contribution >= 4 is 17.8 Å². The Hall–Kier alpha value is -2.14. The molecule has 0 unspecified atom stereocenters. The molecule has 1 heterocycles. The smallest absolute Gasteiger partial charge is 0.318 e. The first-order chi connectivity index (χ1) is 11.8. The largest absolute Gasteiger partial charge is 0.489 e. The van der Waals surface area contributed by atoms with Gasteiger partial charge in [-0.25, -0.2) is 4.79 Å². The molecule has 1 atom stereocenters. The molecule has 0 aliphatic carbocycles. The summed E-state index contributed by atoms with van der Waals surface area (Å²) in [6, 6.07) is 18.2. The number of urea groups is 1. The second-order valence-electron chi connectivity index (χ2n) is 5.60. The summed E-state index contributed by atoms with van der Waals surface area (Å²) in [7, 11) is 0. The third kappa shape index (κ3) is 4.03. The Balaban J connectivity index is 1.69. The number of ether oxygens (including phenoxy) is 1. The summed E-state index contributed by atoms with van der Waals surface area (Å²) in [5.74, 6) is 1.79. The van der Waals surface area contributed by atoms with Gasteiger partial charge >= 0.3 is 6.03 Å². The van der Waals surface area contributed by atoms with Crippen molar-refractivity contribution in [2.24, 2.45) is 0 Å². The van der Waals surface area contributed by atoms with Crippen LogP contribution in [-0.2, 0) is 6.61 Å². The van der Waals surface area contributed by atoms with Crippen molar-refractivity contribution in [2.75, 3.05) is 18.8 Å². The van der Waals surface area contributed by atoms with E-state index >= 15 is 0 Å². The van der Waals surface area contributed by atoms with Crippen LogP contribution in [0.1, 0.15) is 23.4 Å². The van der Waals surface area contributed by atoms with Crippen molar-refractivity contribution in [3.05, 3.63) is 65.7 Å². The maximum Gasteiger partial charge on any atom is 0.318 e. The summed E-state index contributed by atoms with van der Waals surface area (Å²) in [4.78, 5) is 14.1. The molecule has 1 saturated heterocycles. The zero-order valence-electron chi connectivity index (χ0n) is 13.8. The molecule has 1 fully saturated rings. The van der Waals surface area contributed by atoms with E-state index in [4.69, 9.17) is 4.74 Å². The van der Waals surface area contributed by atoms with Crippen molar-refractivity contribution < 1.29 is 9.53 Å². The van der Waals surface area contributed by atoms with Crippen LogP contribution in [0.15, 0.2) is 54.6 Å². The Morgan fingerprint density at radius 1 is 1.25 bits per heavy atom. The zero-order chi connectivity index (χ0) is 16.8. The predicted molar refractivity (Wildman–Crippen MR) is 98.2 cm³/mol. The molecule has 2 aromatic carbocycles. The van der Waals surface area contributed by atoms with E-state index in [2.05, 4.69) is 11.4 Å². The van der Waals surface area contributed by atoms with E-state index in [-0.39, 0.29) is 11.4 Å². The molecule has 0 aromatic heterocycles. The van der Waals surface area contributed by atoms with Gasteiger partial charge in [-0.3, -0.25) is 0 Å². The average molecular weight is 342 g/mol. The highest BCUT2D eigenvalue weighted by Crippen LogP contribution is 2.38. The third-order valence-corrected chi connectivity index (χ3v) is 5.13. The molecule has 0 bridgehead atoms. The summed E-state index contributed by atoms with van der Waals surface area (Å²) >= 11 is 1.79. The fraction of sp³-hybridized carbons (Fsp3) is 0.316. The second kappa shape index (κ2) is 8.11. The summed E-state index contributed by atoms with van der Waals surface area (Å²) in [6.45, 7) is 3.90. The first-order valence-corrected chi connectivity index (χ1v) is 9.25. The van der Waals surface area contributed by atoms with Gasteiger partial charge in [-0.1, -0.05) is 42.5 Å². The third-order valence-electron chi connectivity index (χ3n) is 3.87. The lowest BCUT2D eigenvalue weighted by molar-refractivity contribution is 0.201. The SMILES string of the molecule is CCNC(=O)N1CCS[C@@H]1c1cccc(OCc2ccccc2)c1. The van der Waals surface area contributed by atoms with E-state index < -0.39 is 0 Å². The number of hydrogen-bond donors (Lipinski definition) is 1. The monoisotopic (exact) mass is 342 g/mol. The van der Waals surface area contributed by atoms with Crippen molar-refractivity contribution in [1.82, 2.24) is 10.2 Å². The predicted octanol–water partition coefficient (Wildman–Crippen LogP) is 4.04. The maximum atomic E-state index is 12.2. The molecule has 0 saturated carbocycles. The molecule has 1 aliphatic heterocycles. The fourth-order valence-corrected chi connectivity index (χ4v) is 3.95. The van der Waals surface area contributed by atoms with Crippen molar-refractivity contribution in [3.63, 3.8) is 0 Å². The molecule has 1 N–H and O–H groups in total. The lowest BCUT2D eigenvalue weighted by atomic mass is 10.2. The van der Waals surface area contributed by atoms with Crippen LogP contribution in [0.25, 0.3) is 0 Å². The van der Waals surface area contributed by atoms with Gasteiger partial charge in [0.15, 0.2) is 0 Å². The van der Waals surface area contributed by atoms with Crippen LogP contribution in [0.3, 0.4) is 0 Å². The van der Waals surface area contributed by atoms with Crippen molar-refractivity contribution in [2.45, 2.75) is 18.9 Å². The van der Waals surface area contributed by atoms with E-state index in [1.165, 1.54) is 0 Å². The van der Waals surface area contributed by atoms with E-state index in [9.17, 15) is 4.79 Å². The van der Waals surface area contributed by atoms with Crippen LogP contribution in [0.2, 0.25) is 0 Å². The molecular formula is C19H22N2O2S. The van der Waals surface area contributed by atoms with Gasteiger partial charge in [0.25, 0.3) is 0 Å². The first kappa shape index (κ1) is 16.7. The Morgan fingerprint density at radius 2 is 2.08 bits per heavy atom. The molecule has 2 amide bonds. The Bertz CT molecular complexity index is 678. The van der Waals surface area contributed by atoms with E-state index in [1.54, 1.807) is 11.8 Å². The van der Waals surface area contributed by atoms with Crippen LogP contribution in [0.4, 0.5) is 4.79 Å². The Kier molecular flexibility index (Phi) is 5.64. The number of amides is 2. The van der Waals surface area contributed by atoms with Crippen LogP contribution < -0.4 is 10.1 Å². The number of carbonyl (C=O) groups excluding carboxylic acids is 1. The quantitative estimate of drug-likeness (QED) is 0.891. The number of hydrogen-bond acceptors (Lipinski definition) is 3. The van der Waals surface area contributed by atoms with Gasteiger partial charge in [-0.2, -0.15) is 0 Å². The summed E-state index contributed by atoms with van der Waals surface area (Å²) in [6.07, 6.45) is 0. The summed E-state index contributed by atoms with van der Waals surface area (Å²) in [5.41, 5.74) is 2.25. The van der Waals surface area contributed by atoms with Gasteiger partial charge in [0, 0.05) is 18.8 Å². The maximum absolute atomic E-state index is 12.2. The molecule has 4 nitrogen and oxygen atoms in total. The lowest BCUT2D eigenvalue weighted by Gasteiger charge is -2.24. The molecule has 2 aromatic rings. The number of benzene rings is 2. The van der Waals surface area contributed by atoms with Crippen LogP contribution in [0, 0.1) is 0 Å². The molecule has 0 radical (unpaired) electrons. The van der Waals surface area contributed by atoms with Crippen molar-refractivity contribution in [1.29, 1.82) is 0 Å². The summed E-state index contributed by atoms with van der Waals surface area (Å²) < 4.78 is 5.91. The normalized spacial score (nSPS) is 16.9. The van der Waals surface area contributed by atoms with E-state index in [0.29, 0.717) is 13.2 Å². The average Bonchev–Trinajstić information content (AvgIpc) is 3.11. The highest BCUT2D eigenvalue weighted by Gasteiger charge is 2.30. The minimum Gasteiger partial charge on any atom is -0.489 e. The molecular weight excluding hydrogens is 320 g/mol. The number of rotatable bonds is 5. The van der Waals surface area contributed by atoms with Crippen LogP contribution in [-0.4, -0.2) is 29.8 Å². The number of nitrogens with one attached hydrogen (secondary N) is 1. The lowest BCUT2D eigenvalue weighted by Crippen LogP contribution is -2.39. The minimum absolute atomic E-state index is 0.00288. The number of thioether (sulfide) groups is 1. The Labute approximate surface area is 147 Å². The highest BCUT2D eigenvalue weighted by atomic mass is 32.2. The van der Waals surface area contributed by atoms with Crippen LogP contribution in [0.5, 0.6) is 5.75 Å². The molecule has 126 valence electrons. The van der Waals surface area contributed by atoms with E-state index in [1.807, 2.05) is 60.4 Å². The second-order valence-corrected chi connectivity index (χ2v) is 6.79. The topological polar surface area (TPSA) is 41.6 Å². The van der Waals surface area contributed by atoms with Gasteiger partial charge in [0.05, 0.1) is 0 Å². The molecule has 24 heavy (non-hydrogen) atoms. The Morgan fingerprint density at radius 3 is 2.88 bits per heavy atom. The first-order valence-electron chi connectivity index (χ1n) is 8.20. The standard InChI is InChI=1S/C19H22N2O2S/c1-2-20-19(22)21-11-12-24-18(21)16-9-6-10-17(13-16)23-14-15-7-4-3-5-8-15/h3-10,13,18H,2,11-12,14H2,1H3,(H,20,22)/t18-/m1/s1. The highest BCUT2D eigenvalue weighted by molar-refractivity contribution is 7.99. The fourth-order valence-electron chi connectivity index (χ4n) is 2.71. The molecule has 3 rings (SSSR count). The van der Waals surface area contributed by atoms with Crippen LogP contribution >= 0.6 is 11.8 Å². The van der Waals surface area contributed by atoms with Gasteiger partial charge < -0.3 is 15.0 Å². The number of nitrogens with zero attached hydrogens (tertiary/aromatic N) is 1. The zero-order valence-corrected chi connectivity index (χ0v) is 14.6. The van der Waals surface area contributed by atoms with Gasteiger partial charge in [-0.15, -0.1) is 11.8 Å². The number of carbonyl (C=O) groups is 1. The van der Waals surface area contributed by atoms with Gasteiger partial charge in [-0.05, 0) is 30.2 Å². The minimum atomic E-state index is 0.00288. The molecule has 1 aliphatic rings. The van der Waals surface area contributed by atoms with E-state index in [0.717, 1.165) is 29.2 Å². The van der Waals surface area contributed by atoms with Crippen molar-refractivity contribution in [3.8, 4) is 5.75 Å². The molecule has 5 heteroatoms. The van der Waals surface area contributed by atoms with Gasteiger partial charge in [0.1, 0.15) is 17.7 Å². The summed E-state index contributed by atoms with van der Waals surface area (Å²) in [5, 5.41) is 2.94.